The van der Waals surface area contributed by atoms with Gasteiger partial charge in [-0.1, -0.05) is 43.7 Å². The molecule has 2 aromatic carbocycles. The summed E-state index contributed by atoms with van der Waals surface area (Å²) in [6.07, 6.45) is -2.69. The molecule has 0 aliphatic rings. The topological polar surface area (TPSA) is 29.1 Å². The average Bonchev–Trinajstić information content (AvgIpc) is 2.98. The summed E-state index contributed by atoms with van der Waals surface area (Å²) in [7, 11) is 0. The molecule has 2 nitrogen and oxygen atoms in total. The number of hydrogen-bond acceptors (Lipinski definition) is 2. The minimum absolute atomic E-state index is 0.0581. The summed E-state index contributed by atoms with van der Waals surface area (Å²) in [5.41, 5.74) is 0.721. The minimum atomic E-state index is -4.39. The lowest BCUT2D eigenvalue weighted by molar-refractivity contribution is -0.137. The van der Waals surface area contributed by atoms with Gasteiger partial charge in [-0.2, -0.15) is 13.2 Å². The molecular weight excluding hydrogens is 359 g/mol. The Morgan fingerprint density at radius 3 is 2.62 bits per heavy atom. The van der Waals surface area contributed by atoms with Crippen LogP contribution < -0.4 is 5.32 Å². The molecule has 0 bridgehead atoms. The van der Waals surface area contributed by atoms with E-state index in [2.05, 4.69) is 12.2 Å². The van der Waals surface area contributed by atoms with Gasteiger partial charge < -0.3 is 5.32 Å². The molecule has 3 rings (SSSR count). The number of amides is 1. The first-order chi connectivity index (χ1) is 12.4. The summed E-state index contributed by atoms with van der Waals surface area (Å²) in [4.78, 5) is 13.3. The fourth-order valence-electron chi connectivity index (χ4n) is 2.90. The number of halogens is 3. The third-order valence-electron chi connectivity index (χ3n) is 4.11. The summed E-state index contributed by atoms with van der Waals surface area (Å²) in [6, 6.07) is 12.9. The molecule has 136 valence electrons. The van der Waals surface area contributed by atoms with Crippen molar-refractivity contribution in [1.82, 2.24) is 5.32 Å². The molecule has 6 heteroatoms. The van der Waals surface area contributed by atoms with Crippen LogP contribution in [-0.4, -0.2) is 5.91 Å². The Bertz CT molecular complexity index is 930. The van der Waals surface area contributed by atoms with Crippen LogP contribution in [0, 0.1) is 0 Å². The van der Waals surface area contributed by atoms with Gasteiger partial charge in [0.1, 0.15) is 0 Å². The van der Waals surface area contributed by atoms with Gasteiger partial charge in [-0.05, 0) is 41.1 Å². The van der Waals surface area contributed by atoms with E-state index in [1.807, 2.05) is 24.3 Å². The van der Waals surface area contributed by atoms with E-state index in [4.69, 9.17) is 0 Å². The van der Waals surface area contributed by atoms with Gasteiger partial charge in [0, 0.05) is 11.2 Å². The van der Waals surface area contributed by atoms with Gasteiger partial charge in [-0.15, -0.1) is 11.3 Å². The minimum Gasteiger partial charge on any atom is -0.347 e. The quantitative estimate of drug-likeness (QED) is 0.598. The lowest BCUT2D eigenvalue weighted by Crippen LogP contribution is -2.23. The van der Waals surface area contributed by atoms with E-state index in [1.54, 1.807) is 6.07 Å². The van der Waals surface area contributed by atoms with E-state index < -0.39 is 11.7 Å². The Labute approximate surface area is 153 Å². The van der Waals surface area contributed by atoms with Crippen molar-refractivity contribution in [3.63, 3.8) is 0 Å². The Hall–Kier alpha value is -2.34. The van der Waals surface area contributed by atoms with E-state index >= 15 is 0 Å². The van der Waals surface area contributed by atoms with Crippen LogP contribution in [0.5, 0.6) is 0 Å². The van der Waals surface area contributed by atoms with Crippen molar-refractivity contribution in [3.8, 4) is 0 Å². The zero-order valence-electron chi connectivity index (χ0n) is 14.2. The molecule has 0 aliphatic heterocycles. The first kappa shape index (κ1) is 18.5. The van der Waals surface area contributed by atoms with Crippen LogP contribution in [0.1, 0.15) is 39.7 Å². The van der Waals surface area contributed by atoms with Gasteiger partial charge in [0.05, 0.1) is 10.4 Å². The van der Waals surface area contributed by atoms with Gasteiger partial charge in [0.15, 0.2) is 0 Å². The number of fused-ring (bicyclic) bond motifs is 1. The van der Waals surface area contributed by atoms with Crippen molar-refractivity contribution in [3.05, 3.63) is 70.1 Å². The van der Waals surface area contributed by atoms with E-state index in [0.29, 0.717) is 10.4 Å². The van der Waals surface area contributed by atoms with Crippen molar-refractivity contribution in [2.24, 2.45) is 0 Å². The smallest absolute Gasteiger partial charge is 0.347 e. The van der Waals surface area contributed by atoms with Crippen LogP contribution in [0.4, 0.5) is 13.2 Å². The van der Waals surface area contributed by atoms with Crippen molar-refractivity contribution in [2.75, 3.05) is 0 Å². The summed E-state index contributed by atoms with van der Waals surface area (Å²) >= 11 is 1.42. The van der Waals surface area contributed by atoms with Crippen LogP contribution >= 0.6 is 11.3 Å². The summed E-state index contributed by atoms with van der Waals surface area (Å²) in [6.45, 7) is 2.11. The Morgan fingerprint density at radius 2 is 1.88 bits per heavy atom. The van der Waals surface area contributed by atoms with E-state index in [-0.39, 0.29) is 12.5 Å². The monoisotopic (exact) mass is 377 g/mol. The van der Waals surface area contributed by atoms with Crippen LogP contribution in [0.3, 0.4) is 0 Å². The molecule has 1 aromatic heterocycles. The molecule has 0 saturated carbocycles. The molecule has 1 N–H and O–H groups in total. The number of nitrogens with one attached hydrogen (secondary N) is 1. The molecule has 0 saturated heterocycles. The van der Waals surface area contributed by atoms with Crippen molar-refractivity contribution >= 4 is 27.3 Å². The highest BCUT2D eigenvalue weighted by Crippen LogP contribution is 2.32. The summed E-state index contributed by atoms with van der Waals surface area (Å²) in [5.74, 6) is -0.243. The second kappa shape index (κ2) is 7.50. The predicted octanol–water partition coefficient (Wildman–Crippen LogP) is 5.80. The van der Waals surface area contributed by atoms with Gasteiger partial charge in [-0.25, -0.2) is 0 Å². The van der Waals surface area contributed by atoms with Crippen LogP contribution in [-0.2, 0) is 19.1 Å². The van der Waals surface area contributed by atoms with Gasteiger partial charge in [0.25, 0.3) is 5.91 Å². The number of benzene rings is 2. The normalized spacial score (nSPS) is 11.7. The Morgan fingerprint density at radius 1 is 1.12 bits per heavy atom. The highest BCUT2D eigenvalue weighted by atomic mass is 32.1. The molecule has 1 heterocycles. The van der Waals surface area contributed by atoms with Crippen molar-refractivity contribution < 1.29 is 18.0 Å². The van der Waals surface area contributed by atoms with E-state index in [9.17, 15) is 18.0 Å². The van der Waals surface area contributed by atoms with Crippen molar-refractivity contribution in [2.45, 2.75) is 32.5 Å². The molecular formula is C20H18F3NOS. The first-order valence-corrected chi connectivity index (χ1v) is 9.16. The number of carbonyl (C=O) groups excluding carboxylic acids is 1. The van der Waals surface area contributed by atoms with Crippen LogP contribution in [0.2, 0.25) is 0 Å². The van der Waals surface area contributed by atoms with Gasteiger partial charge in [-0.3, -0.25) is 4.79 Å². The van der Waals surface area contributed by atoms with Gasteiger partial charge in [0.2, 0.25) is 0 Å². The highest BCUT2D eigenvalue weighted by Gasteiger charge is 2.30. The Balaban J connectivity index is 1.81. The van der Waals surface area contributed by atoms with Gasteiger partial charge >= 0.3 is 6.18 Å². The van der Waals surface area contributed by atoms with Crippen LogP contribution in [0.25, 0.3) is 10.1 Å². The molecule has 0 fully saturated rings. The molecule has 0 atom stereocenters. The summed E-state index contributed by atoms with van der Waals surface area (Å²) < 4.78 is 39.4. The fourth-order valence-corrected chi connectivity index (χ4v) is 4.07. The standard InChI is InChI=1S/C20H18F3NOS/c1-2-6-16-15-9-3-4-10-17(15)26-18(16)19(25)24-12-13-7-5-8-14(11-13)20(21,22)23/h3-5,7-11H,2,6,12H2,1H3,(H,24,25). The molecule has 0 aliphatic carbocycles. The maximum atomic E-state index is 12.8. The largest absolute Gasteiger partial charge is 0.416 e. The number of aryl methyl sites for hydroxylation is 1. The zero-order valence-corrected chi connectivity index (χ0v) is 15.0. The molecule has 0 radical (unpaired) electrons. The maximum Gasteiger partial charge on any atom is 0.416 e. The third kappa shape index (κ3) is 3.90. The fraction of sp³-hybridized carbons (Fsp3) is 0.250. The molecule has 1 amide bonds. The van der Waals surface area contributed by atoms with E-state index in [1.165, 1.54) is 17.4 Å². The lowest BCUT2D eigenvalue weighted by Gasteiger charge is -2.10. The third-order valence-corrected chi connectivity index (χ3v) is 5.32. The second-order valence-electron chi connectivity index (χ2n) is 6.04. The van der Waals surface area contributed by atoms with Crippen molar-refractivity contribution in [1.29, 1.82) is 0 Å². The maximum absolute atomic E-state index is 12.8. The number of hydrogen-bond donors (Lipinski definition) is 1. The second-order valence-corrected chi connectivity index (χ2v) is 7.09. The average molecular weight is 377 g/mol. The zero-order chi connectivity index (χ0) is 18.7. The molecule has 26 heavy (non-hydrogen) atoms. The Kier molecular flexibility index (Phi) is 5.32. The van der Waals surface area contributed by atoms with Crippen LogP contribution in [0.15, 0.2) is 48.5 Å². The number of rotatable bonds is 5. The predicted molar refractivity (Wildman–Crippen MR) is 98.4 cm³/mol. The molecule has 3 aromatic rings. The number of thiophene rings is 1. The lowest BCUT2D eigenvalue weighted by atomic mass is 10.1. The molecule has 0 unspecified atom stereocenters. The summed E-state index contributed by atoms with van der Waals surface area (Å²) in [5, 5.41) is 3.83. The van der Waals surface area contributed by atoms with E-state index in [0.717, 1.165) is 40.6 Å². The first-order valence-electron chi connectivity index (χ1n) is 8.35. The SMILES string of the molecule is CCCc1c(C(=O)NCc2cccc(C(F)(F)F)c2)sc2ccccc12. The number of alkyl halides is 3. The highest BCUT2D eigenvalue weighted by molar-refractivity contribution is 7.21. The number of carbonyl (C=O) groups is 1. The molecule has 0 spiro atoms.